The van der Waals surface area contributed by atoms with Crippen molar-refractivity contribution in [2.75, 3.05) is 13.1 Å². The number of nitrogens with two attached hydrogens (primary N) is 1. The van der Waals surface area contributed by atoms with E-state index in [0.717, 1.165) is 10.5 Å². The fourth-order valence-electron chi connectivity index (χ4n) is 2.62. The molecule has 134 valence electrons. The van der Waals surface area contributed by atoms with Gasteiger partial charge in [0.15, 0.2) is 0 Å². The molecule has 1 fully saturated rings. The fraction of sp³-hybridized carbons (Fsp3) is 0.412. The summed E-state index contributed by atoms with van der Waals surface area (Å²) in [6.07, 6.45) is 0. The minimum Gasteiger partial charge on any atom is -0.368 e. The first-order valence-corrected chi connectivity index (χ1v) is 7.94. The first-order valence-electron chi connectivity index (χ1n) is 7.94. The Kier molecular flexibility index (Phi) is 5.10. The number of carbonyl (C=O) groups excluding carboxylic acids is 4. The molecule has 8 nitrogen and oxygen atoms in total. The number of primary amides is 1. The van der Waals surface area contributed by atoms with Gasteiger partial charge in [-0.2, -0.15) is 0 Å². The third-order valence-electron chi connectivity index (χ3n) is 4.19. The Morgan fingerprint density at radius 2 is 1.84 bits per heavy atom. The van der Waals surface area contributed by atoms with E-state index in [1.165, 1.54) is 0 Å². The highest BCUT2D eigenvalue weighted by atomic mass is 16.2. The Bertz CT molecular complexity index is 714. The number of benzene rings is 1. The minimum absolute atomic E-state index is 0.348. The molecule has 1 aliphatic heterocycles. The van der Waals surface area contributed by atoms with Gasteiger partial charge in [-0.15, -0.1) is 0 Å². The van der Waals surface area contributed by atoms with E-state index >= 15 is 0 Å². The highest BCUT2D eigenvalue weighted by molar-refractivity contribution is 6.09. The SMILES string of the molecule is CC(C)c1ccc([C@]2(C)NC(=O)N(CC(=O)NCC(N)=O)C2=O)cc1. The number of nitrogens with zero attached hydrogens (tertiary/aromatic N) is 1. The van der Waals surface area contributed by atoms with Crippen molar-refractivity contribution in [2.24, 2.45) is 5.73 Å². The molecule has 1 atom stereocenters. The molecule has 0 spiro atoms. The summed E-state index contributed by atoms with van der Waals surface area (Å²) in [4.78, 5) is 48.1. The van der Waals surface area contributed by atoms with Crippen molar-refractivity contribution in [1.29, 1.82) is 0 Å². The zero-order chi connectivity index (χ0) is 18.8. The summed E-state index contributed by atoms with van der Waals surface area (Å²) in [5, 5.41) is 4.88. The lowest BCUT2D eigenvalue weighted by Crippen LogP contribution is -2.44. The van der Waals surface area contributed by atoms with Crippen molar-refractivity contribution < 1.29 is 19.2 Å². The van der Waals surface area contributed by atoms with Crippen LogP contribution in [0.25, 0.3) is 0 Å². The van der Waals surface area contributed by atoms with Crippen molar-refractivity contribution in [3.05, 3.63) is 35.4 Å². The summed E-state index contributed by atoms with van der Waals surface area (Å²) >= 11 is 0. The van der Waals surface area contributed by atoms with Gasteiger partial charge in [-0.3, -0.25) is 19.3 Å². The Labute approximate surface area is 145 Å². The van der Waals surface area contributed by atoms with Crippen LogP contribution in [0.2, 0.25) is 0 Å². The molecule has 25 heavy (non-hydrogen) atoms. The van der Waals surface area contributed by atoms with Crippen molar-refractivity contribution in [3.63, 3.8) is 0 Å². The monoisotopic (exact) mass is 346 g/mol. The molecule has 5 amide bonds. The molecule has 8 heteroatoms. The van der Waals surface area contributed by atoms with Crippen LogP contribution >= 0.6 is 0 Å². The number of hydrogen-bond acceptors (Lipinski definition) is 4. The van der Waals surface area contributed by atoms with E-state index < -0.39 is 35.8 Å². The van der Waals surface area contributed by atoms with Gasteiger partial charge in [-0.25, -0.2) is 4.79 Å². The molecule has 0 aromatic heterocycles. The normalized spacial score (nSPS) is 19.9. The van der Waals surface area contributed by atoms with E-state index in [4.69, 9.17) is 5.73 Å². The number of imide groups is 1. The smallest absolute Gasteiger partial charge is 0.325 e. The largest absolute Gasteiger partial charge is 0.368 e. The van der Waals surface area contributed by atoms with E-state index in [1.54, 1.807) is 19.1 Å². The predicted octanol–water partition coefficient (Wildman–Crippen LogP) is 0.179. The van der Waals surface area contributed by atoms with Gasteiger partial charge in [0.2, 0.25) is 11.8 Å². The van der Waals surface area contributed by atoms with Crippen molar-refractivity contribution in [1.82, 2.24) is 15.5 Å². The zero-order valence-electron chi connectivity index (χ0n) is 14.5. The predicted molar refractivity (Wildman–Crippen MR) is 90.3 cm³/mol. The second kappa shape index (κ2) is 6.92. The topological polar surface area (TPSA) is 122 Å². The molecular formula is C17H22N4O4. The van der Waals surface area contributed by atoms with Gasteiger partial charge in [0.1, 0.15) is 12.1 Å². The van der Waals surface area contributed by atoms with Crippen molar-refractivity contribution >= 4 is 23.8 Å². The maximum absolute atomic E-state index is 12.7. The molecule has 0 aliphatic carbocycles. The van der Waals surface area contributed by atoms with Crippen LogP contribution in [0.3, 0.4) is 0 Å². The summed E-state index contributed by atoms with van der Waals surface area (Å²) in [7, 11) is 0. The van der Waals surface area contributed by atoms with Gasteiger partial charge in [-0.1, -0.05) is 38.1 Å². The van der Waals surface area contributed by atoms with Crippen LogP contribution in [0.1, 0.15) is 37.8 Å². The molecule has 2 rings (SSSR count). The minimum atomic E-state index is -1.24. The lowest BCUT2D eigenvalue weighted by atomic mass is 9.90. The molecule has 0 radical (unpaired) electrons. The van der Waals surface area contributed by atoms with Crippen LogP contribution in [0.5, 0.6) is 0 Å². The Hall–Kier alpha value is -2.90. The van der Waals surface area contributed by atoms with Crippen LogP contribution in [-0.2, 0) is 19.9 Å². The van der Waals surface area contributed by atoms with E-state index in [9.17, 15) is 19.2 Å². The molecule has 1 heterocycles. The third kappa shape index (κ3) is 3.78. The van der Waals surface area contributed by atoms with Gasteiger partial charge in [0.25, 0.3) is 5.91 Å². The summed E-state index contributed by atoms with van der Waals surface area (Å²) in [6.45, 7) is 4.89. The molecule has 0 bridgehead atoms. The number of rotatable bonds is 6. The van der Waals surface area contributed by atoms with E-state index in [0.29, 0.717) is 11.5 Å². The average molecular weight is 346 g/mol. The molecule has 1 aromatic carbocycles. The van der Waals surface area contributed by atoms with Crippen LogP contribution in [0.15, 0.2) is 24.3 Å². The van der Waals surface area contributed by atoms with Crippen LogP contribution in [0.4, 0.5) is 4.79 Å². The number of amides is 5. The highest BCUT2D eigenvalue weighted by Gasteiger charge is 2.49. The molecular weight excluding hydrogens is 324 g/mol. The van der Waals surface area contributed by atoms with E-state index in [1.807, 2.05) is 12.1 Å². The maximum Gasteiger partial charge on any atom is 0.325 e. The Morgan fingerprint density at radius 3 is 2.36 bits per heavy atom. The van der Waals surface area contributed by atoms with Gasteiger partial charge < -0.3 is 16.4 Å². The molecule has 0 saturated carbocycles. The number of carbonyl (C=O) groups is 4. The summed E-state index contributed by atoms with van der Waals surface area (Å²) in [5.74, 6) is -1.52. The highest BCUT2D eigenvalue weighted by Crippen LogP contribution is 2.29. The molecule has 4 N–H and O–H groups in total. The van der Waals surface area contributed by atoms with Gasteiger partial charge in [0.05, 0.1) is 6.54 Å². The Balaban J connectivity index is 2.15. The van der Waals surface area contributed by atoms with Crippen LogP contribution in [-0.4, -0.2) is 41.7 Å². The molecule has 1 aromatic rings. The maximum atomic E-state index is 12.7. The number of nitrogens with one attached hydrogen (secondary N) is 2. The summed E-state index contributed by atoms with van der Waals surface area (Å²) < 4.78 is 0. The van der Waals surface area contributed by atoms with Crippen molar-refractivity contribution in [3.8, 4) is 0 Å². The number of urea groups is 1. The summed E-state index contributed by atoms with van der Waals surface area (Å²) in [5.41, 5.74) is 5.45. The van der Waals surface area contributed by atoms with Crippen LogP contribution < -0.4 is 16.4 Å². The zero-order valence-corrected chi connectivity index (χ0v) is 14.5. The van der Waals surface area contributed by atoms with Gasteiger partial charge in [0, 0.05) is 0 Å². The second-order valence-corrected chi connectivity index (χ2v) is 6.47. The van der Waals surface area contributed by atoms with E-state index in [-0.39, 0.29) is 6.54 Å². The average Bonchev–Trinajstić information content (AvgIpc) is 2.77. The fourth-order valence-corrected chi connectivity index (χ4v) is 2.62. The number of hydrogen-bond donors (Lipinski definition) is 3. The molecule has 1 saturated heterocycles. The lowest BCUT2D eigenvalue weighted by molar-refractivity contribution is -0.135. The first-order chi connectivity index (χ1) is 11.6. The van der Waals surface area contributed by atoms with Gasteiger partial charge >= 0.3 is 6.03 Å². The third-order valence-corrected chi connectivity index (χ3v) is 4.19. The van der Waals surface area contributed by atoms with Crippen molar-refractivity contribution in [2.45, 2.75) is 32.2 Å². The quantitative estimate of drug-likeness (QED) is 0.636. The van der Waals surface area contributed by atoms with E-state index in [2.05, 4.69) is 24.5 Å². The second-order valence-electron chi connectivity index (χ2n) is 6.47. The standard InChI is InChI=1S/C17H22N4O4/c1-10(2)11-4-6-12(7-5-11)17(3)15(24)21(16(25)20-17)9-14(23)19-8-13(18)22/h4-7,10H,8-9H2,1-3H3,(H2,18,22)(H,19,23)(H,20,25)/t17-/m0/s1. The lowest BCUT2D eigenvalue weighted by Gasteiger charge is -2.22. The van der Waals surface area contributed by atoms with Crippen LogP contribution in [0, 0.1) is 0 Å². The molecule has 0 unspecified atom stereocenters. The first kappa shape index (κ1) is 18.4. The summed E-state index contributed by atoms with van der Waals surface area (Å²) in [6, 6.07) is 6.75. The Morgan fingerprint density at radius 1 is 1.24 bits per heavy atom. The molecule has 1 aliphatic rings. The van der Waals surface area contributed by atoms with Gasteiger partial charge in [-0.05, 0) is 24.0 Å².